The fraction of sp³-hybridized carbons (Fsp3) is 0.594. The van der Waals surface area contributed by atoms with Crippen LogP contribution in [0, 0.1) is 5.92 Å². The zero-order valence-corrected chi connectivity index (χ0v) is 30.4. The molecule has 3 amide bonds. The molecule has 49 heavy (non-hydrogen) atoms. The molecule has 1 aromatic carbocycles. The van der Waals surface area contributed by atoms with Crippen molar-refractivity contribution < 1.29 is 19.2 Å². The molecule has 0 aliphatic carbocycles. The van der Waals surface area contributed by atoms with Crippen molar-refractivity contribution in [3.8, 4) is 0 Å². The van der Waals surface area contributed by atoms with Crippen LogP contribution in [0.3, 0.4) is 0 Å². The second-order valence-corrected chi connectivity index (χ2v) is 12.6. The number of guanidine groups is 2. The first-order valence-electron chi connectivity index (χ1n) is 16.5. The van der Waals surface area contributed by atoms with Crippen LogP contribution in [0.15, 0.2) is 34.3 Å². The van der Waals surface area contributed by atoms with E-state index in [4.69, 9.17) is 28.7 Å². The van der Waals surface area contributed by atoms with Crippen LogP contribution >= 0.6 is 11.3 Å². The van der Waals surface area contributed by atoms with Gasteiger partial charge in [-0.15, -0.1) is 11.3 Å². The molecular formula is C32H58N12O4S. The predicted molar refractivity (Wildman–Crippen MR) is 199 cm³/mol. The molecule has 0 aliphatic heterocycles. The maximum atomic E-state index is 13.3. The molecule has 1 heterocycles. The number of amides is 3. The highest BCUT2D eigenvalue weighted by Crippen LogP contribution is 2.23. The highest BCUT2D eigenvalue weighted by atomic mass is 32.1. The van der Waals surface area contributed by atoms with Crippen LogP contribution in [0.5, 0.6) is 0 Å². The number of fused-ring (bicyclic) bond motifs is 1. The minimum atomic E-state index is -0.914. The van der Waals surface area contributed by atoms with Gasteiger partial charge in [0.05, 0.1) is 29.3 Å². The van der Waals surface area contributed by atoms with Crippen LogP contribution < -0.4 is 49.9 Å². The van der Waals surface area contributed by atoms with Crippen LogP contribution in [0.4, 0.5) is 0 Å². The zero-order chi connectivity index (χ0) is 37.2. The van der Waals surface area contributed by atoms with Gasteiger partial charge in [0, 0.05) is 13.1 Å². The van der Waals surface area contributed by atoms with Gasteiger partial charge in [0.1, 0.15) is 6.04 Å². The standard InChI is InChI=1S/C24H37N11O4S.C4H11N.C4H10/c1-29-12-18(36)34-16(8-5-11-31-24(27)28)21(39)32-13-19(37)33-15(7-4-10-30-23(25)26)20(38)22-35-14-6-2-3-9-17(14)40-22;1-2-3-4-5;1-4(2)3/h2-3,6,9,15-16,29H,4-5,7-8,10-13H2,1H3,(H,32,39)(H,33,37)(H,34,36)(H4,25,26,30)(H4,27,28,31);2-5H2,1H3;4H,1-3H3. The number of para-hydroxylation sites is 1. The molecule has 276 valence electrons. The molecule has 0 aliphatic rings. The summed E-state index contributed by atoms with van der Waals surface area (Å²) >= 11 is 1.23. The number of carbonyl (C=O) groups is 4. The van der Waals surface area contributed by atoms with Gasteiger partial charge in [0.25, 0.3) is 0 Å². The molecule has 14 N–H and O–H groups in total. The molecule has 2 aromatic rings. The number of ketones is 1. The average Bonchev–Trinajstić information content (AvgIpc) is 3.47. The molecule has 2 unspecified atom stereocenters. The molecule has 0 spiro atoms. The van der Waals surface area contributed by atoms with Gasteiger partial charge in [-0.2, -0.15) is 0 Å². The summed E-state index contributed by atoms with van der Waals surface area (Å²) in [4.78, 5) is 63.1. The smallest absolute Gasteiger partial charge is 0.243 e. The number of nitrogens with two attached hydrogens (primary N) is 5. The molecule has 0 fully saturated rings. The number of Topliss-reactive ketones (excluding diaryl/α,β-unsaturated/α-hetero) is 1. The molecule has 0 saturated heterocycles. The van der Waals surface area contributed by atoms with E-state index >= 15 is 0 Å². The maximum Gasteiger partial charge on any atom is 0.243 e. The van der Waals surface area contributed by atoms with E-state index in [9.17, 15) is 19.2 Å². The van der Waals surface area contributed by atoms with Crippen molar-refractivity contribution in [1.29, 1.82) is 0 Å². The third-order valence-corrected chi connectivity index (χ3v) is 7.07. The molecule has 1 aromatic heterocycles. The van der Waals surface area contributed by atoms with Crippen LogP contribution in [0.25, 0.3) is 10.2 Å². The van der Waals surface area contributed by atoms with Crippen LogP contribution in [0.2, 0.25) is 0 Å². The number of unbranched alkanes of at least 4 members (excludes halogenated alkanes) is 1. The Hall–Kier alpha value is -4.35. The number of nitrogens with one attached hydrogen (secondary N) is 4. The van der Waals surface area contributed by atoms with Crippen molar-refractivity contribution in [3.05, 3.63) is 29.3 Å². The number of benzene rings is 1. The first-order chi connectivity index (χ1) is 23.2. The number of rotatable bonds is 19. The summed E-state index contributed by atoms with van der Waals surface area (Å²) in [5.41, 5.74) is 27.2. The van der Waals surface area contributed by atoms with Gasteiger partial charge in [-0.05, 0) is 63.7 Å². The number of aliphatic imine (C=N–C) groups is 2. The first kappa shape index (κ1) is 44.6. The van der Waals surface area contributed by atoms with Gasteiger partial charge in [-0.3, -0.25) is 29.2 Å². The Balaban J connectivity index is 0.00000226. The van der Waals surface area contributed by atoms with E-state index in [1.54, 1.807) is 13.1 Å². The molecule has 0 bridgehead atoms. The van der Waals surface area contributed by atoms with E-state index in [0.717, 1.165) is 17.2 Å². The van der Waals surface area contributed by atoms with Crippen LogP contribution in [0.1, 0.15) is 76.0 Å². The maximum absolute atomic E-state index is 13.3. The lowest BCUT2D eigenvalue weighted by Gasteiger charge is -2.19. The Kier molecular flexibility index (Phi) is 24.2. The third kappa shape index (κ3) is 22.0. The SMILES string of the molecule is CC(C)C.CCCCN.CNCC(=O)NC(CCCN=C(N)N)C(=O)NCC(=O)NC(CCCN=C(N)N)C(=O)c1nc2ccccc2s1. The van der Waals surface area contributed by atoms with E-state index in [-0.39, 0.29) is 55.2 Å². The molecular weight excluding hydrogens is 648 g/mol. The van der Waals surface area contributed by atoms with Crippen LogP contribution in [-0.2, 0) is 14.4 Å². The number of thiazole rings is 1. The molecule has 0 saturated carbocycles. The Morgan fingerprint density at radius 3 is 1.86 bits per heavy atom. The summed E-state index contributed by atoms with van der Waals surface area (Å²) in [5.74, 6) is -1.22. The Morgan fingerprint density at radius 1 is 0.837 bits per heavy atom. The Bertz CT molecular complexity index is 1290. The number of likely N-dealkylation sites (N-methyl/N-ethyl adjacent to an activating group) is 1. The normalized spacial score (nSPS) is 11.5. The zero-order valence-electron chi connectivity index (χ0n) is 29.6. The summed E-state index contributed by atoms with van der Waals surface area (Å²) < 4.78 is 0.842. The second kappa shape index (κ2) is 26.6. The summed E-state index contributed by atoms with van der Waals surface area (Å²) in [6.45, 7) is 9.61. The average molecular weight is 707 g/mol. The summed E-state index contributed by atoms with van der Waals surface area (Å²) in [6.07, 6.45) is 3.70. The lowest BCUT2D eigenvalue weighted by atomic mass is 10.1. The van der Waals surface area contributed by atoms with Gasteiger partial charge in [0.15, 0.2) is 16.9 Å². The minimum Gasteiger partial charge on any atom is -0.370 e. The van der Waals surface area contributed by atoms with Gasteiger partial charge >= 0.3 is 0 Å². The van der Waals surface area contributed by atoms with Crippen molar-refractivity contribution >= 4 is 57.0 Å². The molecule has 2 rings (SSSR count). The molecule has 17 heteroatoms. The second-order valence-electron chi connectivity index (χ2n) is 11.6. The van der Waals surface area contributed by atoms with E-state index in [2.05, 4.69) is 63.9 Å². The van der Waals surface area contributed by atoms with Crippen molar-refractivity contribution in [2.75, 3.05) is 39.8 Å². The van der Waals surface area contributed by atoms with Crippen molar-refractivity contribution in [1.82, 2.24) is 26.3 Å². The quantitative estimate of drug-likeness (QED) is 0.0414. The van der Waals surface area contributed by atoms with Gasteiger partial charge in [0.2, 0.25) is 23.5 Å². The van der Waals surface area contributed by atoms with Gasteiger partial charge in [-0.1, -0.05) is 46.2 Å². The largest absolute Gasteiger partial charge is 0.370 e. The van der Waals surface area contributed by atoms with E-state index in [1.165, 1.54) is 24.2 Å². The summed E-state index contributed by atoms with van der Waals surface area (Å²) in [6, 6.07) is 5.50. The summed E-state index contributed by atoms with van der Waals surface area (Å²) in [7, 11) is 1.60. The lowest BCUT2D eigenvalue weighted by molar-refractivity contribution is -0.130. The fourth-order valence-corrected chi connectivity index (χ4v) is 4.78. The van der Waals surface area contributed by atoms with Gasteiger partial charge in [-0.25, -0.2) is 4.98 Å². The topological polar surface area (TPSA) is 284 Å². The van der Waals surface area contributed by atoms with Crippen molar-refractivity contribution in [2.45, 2.75) is 78.3 Å². The Morgan fingerprint density at radius 2 is 1.37 bits per heavy atom. The van der Waals surface area contributed by atoms with E-state index < -0.39 is 36.3 Å². The van der Waals surface area contributed by atoms with Crippen LogP contribution in [-0.4, -0.2) is 92.3 Å². The number of hydrogen-bond donors (Lipinski definition) is 9. The first-order valence-corrected chi connectivity index (χ1v) is 17.3. The highest BCUT2D eigenvalue weighted by molar-refractivity contribution is 7.20. The Labute approximate surface area is 293 Å². The number of aromatic nitrogens is 1. The van der Waals surface area contributed by atoms with Gasteiger partial charge < -0.3 is 49.9 Å². The molecule has 2 atom stereocenters. The van der Waals surface area contributed by atoms with E-state index in [0.29, 0.717) is 18.4 Å². The predicted octanol–water partition coefficient (Wildman–Crippen LogP) is 0.299. The number of carbonyl (C=O) groups excluding carboxylic acids is 4. The van der Waals surface area contributed by atoms with E-state index in [1.807, 2.05) is 18.2 Å². The number of hydrogen-bond acceptors (Lipinski definition) is 10. The monoisotopic (exact) mass is 706 g/mol. The minimum absolute atomic E-state index is 0.00752. The molecule has 16 nitrogen and oxygen atoms in total. The molecule has 0 radical (unpaired) electrons. The number of nitrogens with zero attached hydrogens (tertiary/aromatic N) is 3. The third-order valence-electron chi connectivity index (χ3n) is 6.02. The summed E-state index contributed by atoms with van der Waals surface area (Å²) in [5, 5.41) is 10.8. The fourth-order valence-electron chi connectivity index (χ4n) is 3.82. The highest BCUT2D eigenvalue weighted by Gasteiger charge is 2.26. The van der Waals surface area contributed by atoms with Crippen molar-refractivity contribution in [2.24, 2.45) is 44.6 Å². The van der Waals surface area contributed by atoms with Crippen molar-refractivity contribution in [3.63, 3.8) is 0 Å². The lowest BCUT2D eigenvalue weighted by Crippen LogP contribution is -2.51.